The SMILES string of the molecule is C/C=C/C(=O)C(C)C.CC=CC(=O)C(C)C.CC=CC(O)C(C)C. The normalized spacial score (nSPS) is 12.5. The molecular formula is C21H38O3. The summed E-state index contributed by atoms with van der Waals surface area (Å²) in [6.07, 6.45) is 10.1. The minimum absolute atomic E-state index is 0.145. The molecule has 0 aromatic heterocycles. The Bertz CT molecular complexity index is 371. The van der Waals surface area contributed by atoms with Crippen LogP contribution in [0.4, 0.5) is 0 Å². The van der Waals surface area contributed by atoms with Gasteiger partial charge < -0.3 is 5.11 Å². The molecule has 0 aliphatic heterocycles. The molecule has 1 atom stereocenters. The van der Waals surface area contributed by atoms with Gasteiger partial charge in [-0.05, 0) is 38.8 Å². The van der Waals surface area contributed by atoms with Crippen molar-refractivity contribution in [2.75, 3.05) is 0 Å². The first-order valence-corrected chi connectivity index (χ1v) is 8.68. The van der Waals surface area contributed by atoms with Crippen molar-refractivity contribution >= 4 is 11.6 Å². The summed E-state index contributed by atoms with van der Waals surface area (Å²) < 4.78 is 0. The zero-order valence-corrected chi connectivity index (χ0v) is 17.0. The van der Waals surface area contributed by atoms with Crippen LogP contribution in [-0.2, 0) is 9.59 Å². The third kappa shape index (κ3) is 20.5. The molecule has 1 unspecified atom stereocenters. The molecule has 140 valence electrons. The Morgan fingerprint density at radius 3 is 1.12 bits per heavy atom. The highest BCUT2D eigenvalue weighted by molar-refractivity contribution is 5.91. The molecule has 0 rings (SSSR count). The maximum absolute atomic E-state index is 10.7. The standard InChI is InChI=1S/C7H14O.2C7H12O/c3*1-4-5-7(8)6(2)3/h4-8H,1-3H3;2*4-6H,1-3H3/b;5-4+;. The van der Waals surface area contributed by atoms with Gasteiger partial charge in [0.1, 0.15) is 0 Å². The quantitative estimate of drug-likeness (QED) is 0.538. The van der Waals surface area contributed by atoms with E-state index in [-0.39, 0.29) is 29.5 Å². The average Bonchev–Trinajstić information content (AvgIpc) is 2.49. The Hall–Kier alpha value is -1.48. The number of hydrogen-bond donors (Lipinski definition) is 1. The highest BCUT2D eigenvalue weighted by Crippen LogP contribution is 2.00. The Morgan fingerprint density at radius 2 is 1.04 bits per heavy atom. The molecule has 24 heavy (non-hydrogen) atoms. The highest BCUT2D eigenvalue weighted by Gasteiger charge is 2.01. The predicted octanol–water partition coefficient (Wildman–Crippen LogP) is 5.15. The van der Waals surface area contributed by atoms with Crippen molar-refractivity contribution in [3.05, 3.63) is 36.5 Å². The zero-order chi connectivity index (χ0) is 19.7. The van der Waals surface area contributed by atoms with Crippen LogP contribution in [0, 0.1) is 17.8 Å². The van der Waals surface area contributed by atoms with Crippen LogP contribution in [0.1, 0.15) is 62.3 Å². The van der Waals surface area contributed by atoms with Crippen LogP contribution in [0.5, 0.6) is 0 Å². The van der Waals surface area contributed by atoms with Crippen LogP contribution >= 0.6 is 0 Å². The number of allylic oxidation sites excluding steroid dienone is 5. The second kappa shape index (κ2) is 17.9. The van der Waals surface area contributed by atoms with Crippen molar-refractivity contribution in [2.24, 2.45) is 17.8 Å². The second-order valence-corrected chi connectivity index (χ2v) is 6.37. The van der Waals surface area contributed by atoms with Gasteiger partial charge in [0.25, 0.3) is 0 Å². The molecule has 0 aliphatic carbocycles. The van der Waals surface area contributed by atoms with Crippen LogP contribution in [-0.4, -0.2) is 22.8 Å². The first-order chi connectivity index (χ1) is 11.0. The monoisotopic (exact) mass is 338 g/mol. The number of ketones is 2. The van der Waals surface area contributed by atoms with E-state index < -0.39 is 0 Å². The number of aliphatic hydroxyl groups is 1. The van der Waals surface area contributed by atoms with Gasteiger partial charge in [-0.25, -0.2) is 0 Å². The van der Waals surface area contributed by atoms with E-state index in [1.165, 1.54) is 0 Å². The first kappa shape index (κ1) is 27.4. The molecular weight excluding hydrogens is 300 g/mol. The molecule has 3 nitrogen and oxygen atoms in total. The average molecular weight is 339 g/mol. The third-order valence-corrected chi connectivity index (χ3v) is 2.87. The van der Waals surface area contributed by atoms with Gasteiger partial charge in [0.2, 0.25) is 0 Å². The second-order valence-electron chi connectivity index (χ2n) is 6.37. The van der Waals surface area contributed by atoms with E-state index in [0.29, 0.717) is 5.92 Å². The molecule has 0 saturated carbocycles. The number of carbonyl (C=O) groups excluding carboxylic acids is 2. The number of carbonyl (C=O) groups is 2. The fraction of sp³-hybridized carbons (Fsp3) is 0.619. The van der Waals surface area contributed by atoms with Gasteiger partial charge in [-0.2, -0.15) is 0 Å². The predicted molar refractivity (Wildman–Crippen MR) is 105 cm³/mol. The lowest BCUT2D eigenvalue weighted by molar-refractivity contribution is -0.118. The smallest absolute Gasteiger partial charge is 0.157 e. The van der Waals surface area contributed by atoms with Crippen LogP contribution in [0.15, 0.2) is 36.5 Å². The minimum atomic E-state index is -0.264. The largest absolute Gasteiger partial charge is 0.389 e. The molecule has 0 fully saturated rings. The summed E-state index contributed by atoms with van der Waals surface area (Å²) in [5.41, 5.74) is 0. The summed E-state index contributed by atoms with van der Waals surface area (Å²) in [6, 6.07) is 0. The lowest BCUT2D eigenvalue weighted by Crippen LogP contribution is -2.10. The van der Waals surface area contributed by atoms with Crippen molar-refractivity contribution in [1.82, 2.24) is 0 Å². The molecule has 0 amide bonds. The Labute approximate surface area is 149 Å². The topological polar surface area (TPSA) is 54.4 Å². The van der Waals surface area contributed by atoms with E-state index in [1.807, 2.05) is 68.4 Å². The fourth-order valence-electron chi connectivity index (χ4n) is 1.13. The molecule has 0 saturated heterocycles. The van der Waals surface area contributed by atoms with Crippen LogP contribution in [0.25, 0.3) is 0 Å². The van der Waals surface area contributed by atoms with Crippen LogP contribution in [0.3, 0.4) is 0 Å². The van der Waals surface area contributed by atoms with Gasteiger partial charge in [0, 0.05) is 11.8 Å². The van der Waals surface area contributed by atoms with Gasteiger partial charge in [0.05, 0.1) is 6.10 Å². The molecule has 0 spiro atoms. The molecule has 0 aromatic carbocycles. The molecule has 0 bridgehead atoms. The van der Waals surface area contributed by atoms with Gasteiger partial charge >= 0.3 is 0 Å². The zero-order valence-electron chi connectivity index (χ0n) is 17.0. The van der Waals surface area contributed by atoms with Gasteiger partial charge in [-0.1, -0.05) is 65.8 Å². The molecule has 0 radical (unpaired) electrons. The summed E-state index contributed by atoms with van der Waals surface area (Å²) in [5.74, 6) is 1.03. The van der Waals surface area contributed by atoms with Crippen molar-refractivity contribution in [3.8, 4) is 0 Å². The van der Waals surface area contributed by atoms with E-state index in [9.17, 15) is 9.59 Å². The van der Waals surface area contributed by atoms with Crippen molar-refractivity contribution in [2.45, 2.75) is 68.4 Å². The van der Waals surface area contributed by atoms with E-state index in [4.69, 9.17) is 5.11 Å². The van der Waals surface area contributed by atoms with Crippen molar-refractivity contribution in [3.63, 3.8) is 0 Å². The maximum atomic E-state index is 10.7. The number of hydrogen-bond acceptors (Lipinski definition) is 3. The molecule has 0 aliphatic rings. The maximum Gasteiger partial charge on any atom is 0.157 e. The summed E-state index contributed by atoms with van der Waals surface area (Å²) in [4.78, 5) is 21.3. The van der Waals surface area contributed by atoms with Crippen LogP contribution in [0.2, 0.25) is 0 Å². The van der Waals surface area contributed by atoms with Gasteiger partial charge in [-0.3, -0.25) is 9.59 Å². The van der Waals surface area contributed by atoms with Crippen LogP contribution < -0.4 is 0 Å². The Morgan fingerprint density at radius 1 is 0.708 bits per heavy atom. The Balaban J connectivity index is -0.000000276. The van der Waals surface area contributed by atoms with E-state index in [2.05, 4.69) is 0 Å². The minimum Gasteiger partial charge on any atom is -0.389 e. The summed E-state index contributed by atoms with van der Waals surface area (Å²) in [7, 11) is 0. The summed E-state index contributed by atoms with van der Waals surface area (Å²) >= 11 is 0. The lowest BCUT2D eigenvalue weighted by atomic mass is 10.1. The molecule has 3 heteroatoms. The van der Waals surface area contributed by atoms with E-state index in [1.54, 1.807) is 30.4 Å². The number of rotatable bonds is 6. The Kier molecular flexibility index (Phi) is 20.4. The molecule has 1 N–H and O–H groups in total. The van der Waals surface area contributed by atoms with Gasteiger partial charge in [0.15, 0.2) is 11.6 Å². The van der Waals surface area contributed by atoms with Crippen molar-refractivity contribution < 1.29 is 14.7 Å². The van der Waals surface area contributed by atoms with Gasteiger partial charge in [-0.15, -0.1) is 0 Å². The third-order valence-electron chi connectivity index (χ3n) is 2.87. The first-order valence-electron chi connectivity index (χ1n) is 8.68. The molecule has 0 aromatic rings. The lowest BCUT2D eigenvalue weighted by Gasteiger charge is -2.07. The highest BCUT2D eigenvalue weighted by atomic mass is 16.3. The van der Waals surface area contributed by atoms with E-state index in [0.717, 1.165) is 0 Å². The summed E-state index contributed by atoms with van der Waals surface area (Å²) in [6.45, 7) is 17.1. The van der Waals surface area contributed by atoms with E-state index >= 15 is 0 Å². The fourth-order valence-corrected chi connectivity index (χ4v) is 1.13. The van der Waals surface area contributed by atoms with Crippen molar-refractivity contribution in [1.29, 1.82) is 0 Å². The molecule has 0 heterocycles. The summed E-state index contributed by atoms with van der Waals surface area (Å²) in [5, 5.41) is 9.04. The number of aliphatic hydroxyl groups excluding tert-OH is 1.